The van der Waals surface area contributed by atoms with E-state index < -0.39 is 19.2 Å². The molecule has 8 nitrogen and oxygen atoms in total. The van der Waals surface area contributed by atoms with Crippen molar-refractivity contribution in [1.82, 2.24) is 15.1 Å². The fraction of sp³-hybridized carbons (Fsp3) is 0.870. The molecule has 0 unspecified atom stereocenters. The average Bonchev–Trinajstić information content (AvgIpc) is 2.78. The van der Waals surface area contributed by atoms with Gasteiger partial charge in [-0.2, -0.15) is 0 Å². The van der Waals surface area contributed by atoms with Gasteiger partial charge in [-0.1, -0.05) is 19.6 Å². The minimum absolute atomic E-state index is 0.0224. The van der Waals surface area contributed by atoms with Gasteiger partial charge in [0.2, 0.25) is 0 Å². The maximum atomic E-state index is 13.0. The highest BCUT2D eigenvalue weighted by atomic mass is 28.3. The zero-order valence-electron chi connectivity index (χ0n) is 21.2. The monoisotopic (exact) mass is 469 g/mol. The molecule has 2 fully saturated rings. The van der Waals surface area contributed by atoms with E-state index in [1.54, 1.807) is 4.90 Å². The van der Waals surface area contributed by atoms with Gasteiger partial charge in [-0.05, 0) is 72.3 Å². The number of rotatable bonds is 8. The smallest absolute Gasteiger partial charge is 0.407 e. The van der Waals surface area contributed by atoms with Crippen molar-refractivity contribution >= 4 is 26.1 Å². The maximum Gasteiger partial charge on any atom is 0.407 e. The van der Waals surface area contributed by atoms with Crippen molar-refractivity contribution in [3.05, 3.63) is 0 Å². The van der Waals surface area contributed by atoms with Crippen LogP contribution in [0, 0.1) is 5.92 Å². The summed E-state index contributed by atoms with van der Waals surface area (Å²) in [5.41, 5.74) is -1.38. The normalized spacial score (nSPS) is 24.1. The van der Waals surface area contributed by atoms with Crippen molar-refractivity contribution in [3.63, 3.8) is 0 Å². The predicted octanol–water partition coefficient (Wildman–Crippen LogP) is 4.43. The summed E-state index contributed by atoms with van der Waals surface area (Å²) >= 11 is 0. The molecule has 9 heteroatoms. The fourth-order valence-corrected chi connectivity index (χ4v) is 4.85. The number of nitrogens with zero attached hydrogens (tertiary/aromatic N) is 2. The summed E-state index contributed by atoms with van der Waals surface area (Å²) < 4.78 is 11.0. The maximum absolute atomic E-state index is 13.0. The number of ether oxygens (including phenoxy) is 2. The van der Waals surface area contributed by atoms with E-state index in [4.69, 9.17) is 9.47 Å². The summed E-state index contributed by atoms with van der Waals surface area (Å²) in [6.07, 6.45) is 3.07. The molecule has 1 heterocycles. The van der Waals surface area contributed by atoms with E-state index in [0.717, 1.165) is 31.7 Å². The Morgan fingerprint density at radius 3 is 2.25 bits per heavy atom. The lowest BCUT2D eigenvalue weighted by atomic mass is 9.85. The van der Waals surface area contributed by atoms with Crippen LogP contribution in [-0.2, 0) is 14.3 Å². The molecule has 1 saturated heterocycles. The van der Waals surface area contributed by atoms with Gasteiger partial charge in [-0.3, -0.25) is 4.79 Å². The molecule has 0 bridgehead atoms. The van der Waals surface area contributed by atoms with Gasteiger partial charge in [0, 0.05) is 27.3 Å². The molecular formula is C23H43N3O5Si. The third-order valence-electron chi connectivity index (χ3n) is 6.13. The highest BCUT2D eigenvalue weighted by molar-refractivity contribution is 6.76. The van der Waals surface area contributed by atoms with Crippen LogP contribution in [0.4, 0.5) is 9.59 Å². The van der Waals surface area contributed by atoms with Gasteiger partial charge in [-0.15, -0.1) is 0 Å². The lowest BCUT2D eigenvalue weighted by Gasteiger charge is -2.35. The van der Waals surface area contributed by atoms with Crippen molar-refractivity contribution < 1.29 is 23.9 Å². The second kappa shape index (κ2) is 10.1. The summed E-state index contributed by atoms with van der Waals surface area (Å²) in [4.78, 5) is 40.9. The first-order valence-electron chi connectivity index (χ1n) is 11.8. The van der Waals surface area contributed by atoms with Crippen LogP contribution in [0.15, 0.2) is 0 Å². The van der Waals surface area contributed by atoms with E-state index in [0.29, 0.717) is 19.1 Å². The number of alkyl carbamates (subject to hydrolysis) is 1. The largest absolute Gasteiger partial charge is 0.444 e. The minimum atomic E-state index is -1.23. The lowest BCUT2D eigenvalue weighted by Crippen LogP contribution is -2.47. The zero-order valence-corrected chi connectivity index (χ0v) is 22.2. The van der Waals surface area contributed by atoms with Crippen molar-refractivity contribution in [2.45, 2.75) is 103 Å². The first-order valence-corrected chi connectivity index (χ1v) is 15.5. The summed E-state index contributed by atoms with van der Waals surface area (Å²) in [6, 6.07) is 0.819. The van der Waals surface area contributed by atoms with Gasteiger partial charge in [0.25, 0.3) is 5.91 Å². The predicted molar refractivity (Wildman–Crippen MR) is 127 cm³/mol. The van der Waals surface area contributed by atoms with Gasteiger partial charge < -0.3 is 19.7 Å². The fourth-order valence-electron chi connectivity index (χ4n) is 4.09. The number of hydrogen-bond donors (Lipinski definition) is 1. The van der Waals surface area contributed by atoms with Crippen molar-refractivity contribution in [2.75, 3.05) is 19.9 Å². The van der Waals surface area contributed by atoms with E-state index in [-0.39, 0.29) is 30.8 Å². The number of urea groups is 1. The molecule has 2 aliphatic rings. The molecule has 0 atom stereocenters. The molecular weight excluding hydrogens is 426 g/mol. The molecule has 1 N–H and O–H groups in total. The van der Waals surface area contributed by atoms with Crippen LogP contribution in [0.3, 0.4) is 0 Å². The van der Waals surface area contributed by atoms with Crippen LogP contribution < -0.4 is 5.32 Å². The number of carbonyl (C=O) groups excluding carboxylic acids is 3. The molecule has 0 aromatic rings. The second-order valence-electron chi connectivity index (χ2n) is 11.9. The summed E-state index contributed by atoms with van der Waals surface area (Å²) in [5.74, 6) is 0.103. The molecule has 1 aliphatic heterocycles. The Balaban J connectivity index is 1.85. The molecule has 0 radical (unpaired) electrons. The Morgan fingerprint density at radius 1 is 1.12 bits per heavy atom. The molecule has 32 heavy (non-hydrogen) atoms. The van der Waals surface area contributed by atoms with E-state index in [1.165, 1.54) is 4.90 Å². The number of hydrogen-bond acceptors (Lipinski definition) is 5. The number of imide groups is 1. The van der Waals surface area contributed by atoms with E-state index in [1.807, 2.05) is 34.6 Å². The van der Waals surface area contributed by atoms with Crippen LogP contribution in [0.5, 0.6) is 0 Å². The second-order valence-corrected chi connectivity index (χ2v) is 17.5. The molecule has 184 valence electrons. The molecule has 0 aromatic heterocycles. The van der Waals surface area contributed by atoms with E-state index in [2.05, 4.69) is 25.0 Å². The third kappa shape index (κ3) is 7.47. The lowest BCUT2D eigenvalue weighted by molar-refractivity contribution is -0.135. The van der Waals surface area contributed by atoms with E-state index >= 15 is 0 Å². The van der Waals surface area contributed by atoms with E-state index in [9.17, 15) is 14.4 Å². The van der Waals surface area contributed by atoms with Crippen molar-refractivity contribution in [2.24, 2.45) is 5.92 Å². The quantitative estimate of drug-likeness (QED) is 0.323. The Kier molecular flexibility index (Phi) is 8.42. The molecule has 0 aromatic carbocycles. The summed E-state index contributed by atoms with van der Waals surface area (Å²) in [5, 5.41) is 2.95. The molecule has 1 aliphatic carbocycles. The number of carbonyl (C=O) groups is 3. The van der Waals surface area contributed by atoms with Crippen molar-refractivity contribution in [1.29, 1.82) is 0 Å². The minimum Gasteiger partial charge on any atom is -0.444 e. The molecule has 2 rings (SSSR count). The van der Waals surface area contributed by atoms with Gasteiger partial charge in [0.1, 0.15) is 17.9 Å². The standard InChI is InChI=1S/C23H43N3O5Si/c1-22(2,3)31-20(28)24-18-11-9-17(10-12-18)15-26-21(29)25(19(27)23(26,4)5)16-30-13-14-32(6,7)8/h17-18H,9-16H2,1-8H3,(H,24,28). The summed E-state index contributed by atoms with van der Waals surface area (Å²) in [7, 11) is -1.23. The van der Waals surface area contributed by atoms with Gasteiger partial charge in [0.05, 0.1) is 0 Å². The Morgan fingerprint density at radius 2 is 1.72 bits per heavy atom. The van der Waals surface area contributed by atoms with Crippen molar-refractivity contribution in [3.8, 4) is 0 Å². The zero-order chi connectivity index (χ0) is 24.3. The Bertz CT molecular complexity index is 691. The topological polar surface area (TPSA) is 88.2 Å². The number of nitrogens with one attached hydrogen (secondary N) is 1. The van der Waals surface area contributed by atoms with Crippen LogP contribution in [0.25, 0.3) is 0 Å². The number of amides is 4. The van der Waals surface area contributed by atoms with Crippen LogP contribution >= 0.6 is 0 Å². The molecule has 4 amide bonds. The van der Waals surface area contributed by atoms with Gasteiger partial charge in [0.15, 0.2) is 0 Å². The first kappa shape index (κ1) is 26.6. The molecule has 0 spiro atoms. The Labute approximate surface area is 194 Å². The van der Waals surface area contributed by atoms with Crippen LogP contribution in [0.1, 0.15) is 60.3 Å². The summed E-state index contributed by atoms with van der Waals surface area (Å²) in [6.45, 7) is 17.1. The van der Waals surface area contributed by atoms with Gasteiger partial charge in [-0.25, -0.2) is 14.5 Å². The van der Waals surface area contributed by atoms with Crippen LogP contribution in [0.2, 0.25) is 25.7 Å². The molecule has 1 saturated carbocycles. The third-order valence-corrected chi connectivity index (χ3v) is 7.83. The van der Waals surface area contributed by atoms with Crippen LogP contribution in [-0.4, -0.2) is 73.0 Å². The highest BCUT2D eigenvalue weighted by Gasteiger charge is 2.51. The Hall–Kier alpha value is -1.61. The average molecular weight is 470 g/mol. The first-order chi connectivity index (χ1) is 14.6. The highest BCUT2D eigenvalue weighted by Crippen LogP contribution is 2.32. The SMILES string of the molecule is CC(C)(C)OC(=O)NC1CCC(CN2C(=O)N(COCC[Si](C)(C)C)C(=O)C2(C)C)CC1. The van der Waals surface area contributed by atoms with Gasteiger partial charge >= 0.3 is 12.1 Å².